The molecule has 1 aliphatic heterocycles. The van der Waals surface area contributed by atoms with E-state index >= 15 is 0 Å². The highest BCUT2D eigenvalue weighted by molar-refractivity contribution is 7.09. The zero-order valence-corrected chi connectivity index (χ0v) is 13.0. The Morgan fingerprint density at radius 2 is 2.15 bits per heavy atom. The zero-order valence-electron chi connectivity index (χ0n) is 12.2. The monoisotopic (exact) mass is 288 g/mol. The van der Waals surface area contributed by atoms with Crippen LogP contribution in [0, 0.1) is 6.92 Å². The van der Waals surface area contributed by atoms with E-state index in [1.807, 2.05) is 6.92 Å². The van der Waals surface area contributed by atoms with Crippen molar-refractivity contribution in [1.29, 1.82) is 0 Å². The van der Waals surface area contributed by atoms with E-state index in [1.165, 1.54) is 17.0 Å². The topological polar surface area (TPSA) is 50.7 Å². The summed E-state index contributed by atoms with van der Waals surface area (Å²) < 4.78 is 0. The summed E-state index contributed by atoms with van der Waals surface area (Å²) >= 11 is 1.69. The molecule has 0 atom stereocenters. The minimum absolute atomic E-state index is 0.446. The summed E-state index contributed by atoms with van der Waals surface area (Å²) in [4.78, 5) is 14.1. The maximum absolute atomic E-state index is 4.82. The second-order valence-electron chi connectivity index (χ2n) is 5.59. The fourth-order valence-electron chi connectivity index (χ4n) is 2.62. The summed E-state index contributed by atoms with van der Waals surface area (Å²) in [5, 5.41) is 6.58. The Kier molecular flexibility index (Phi) is 3.81. The molecule has 0 bridgehead atoms. The molecule has 0 aliphatic carbocycles. The number of aryl methyl sites for hydroxylation is 1. The third-order valence-corrected chi connectivity index (χ3v) is 4.50. The Morgan fingerprint density at radius 1 is 1.30 bits per heavy atom. The third-order valence-electron chi connectivity index (χ3n) is 3.54. The molecule has 106 valence electrons. The van der Waals surface area contributed by atoms with Crippen LogP contribution in [0.3, 0.4) is 0 Å². The molecule has 4 nitrogen and oxygen atoms in total. The van der Waals surface area contributed by atoms with Crippen molar-refractivity contribution in [3.8, 4) is 0 Å². The maximum atomic E-state index is 4.82. The Hall–Kier alpha value is -1.33. The minimum Gasteiger partial charge on any atom is -0.311 e. The van der Waals surface area contributed by atoms with Crippen LogP contribution in [-0.2, 0) is 19.4 Å². The molecule has 1 aliphatic rings. The van der Waals surface area contributed by atoms with Gasteiger partial charge in [0.1, 0.15) is 10.8 Å². The van der Waals surface area contributed by atoms with Gasteiger partial charge in [0.25, 0.3) is 0 Å². The number of hydrogen-bond donors (Lipinski definition) is 1. The lowest BCUT2D eigenvalue weighted by Crippen LogP contribution is -2.27. The highest BCUT2D eigenvalue weighted by atomic mass is 32.1. The minimum atomic E-state index is 0.446. The van der Waals surface area contributed by atoms with Crippen LogP contribution in [0.4, 0.5) is 0 Å². The molecule has 0 saturated carbocycles. The Labute approximate surface area is 123 Å². The molecule has 0 unspecified atom stereocenters. The summed E-state index contributed by atoms with van der Waals surface area (Å²) in [6, 6.07) is 0. The Bertz CT molecular complexity index is 618. The highest BCUT2D eigenvalue weighted by Gasteiger charge is 2.19. The quantitative estimate of drug-likeness (QED) is 0.943. The molecule has 3 rings (SSSR count). The number of thiazole rings is 1. The molecule has 20 heavy (non-hydrogen) atoms. The van der Waals surface area contributed by atoms with Gasteiger partial charge in [0.2, 0.25) is 0 Å². The first-order valence-corrected chi connectivity index (χ1v) is 8.01. The van der Waals surface area contributed by atoms with Crippen molar-refractivity contribution in [3.05, 3.63) is 38.9 Å². The van der Waals surface area contributed by atoms with Gasteiger partial charge in [0.05, 0.1) is 17.8 Å². The molecule has 2 aromatic heterocycles. The molecule has 0 radical (unpaired) electrons. The van der Waals surface area contributed by atoms with Gasteiger partial charge in [-0.2, -0.15) is 0 Å². The van der Waals surface area contributed by atoms with E-state index < -0.39 is 0 Å². The summed E-state index contributed by atoms with van der Waals surface area (Å²) in [5.41, 5.74) is 4.84. The first-order chi connectivity index (χ1) is 9.63. The van der Waals surface area contributed by atoms with Gasteiger partial charge in [-0.25, -0.2) is 15.0 Å². The summed E-state index contributed by atoms with van der Waals surface area (Å²) in [7, 11) is 0. The molecule has 0 spiro atoms. The van der Waals surface area contributed by atoms with Crippen LogP contribution in [0.2, 0.25) is 0 Å². The first-order valence-electron chi connectivity index (χ1n) is 7.13. The SMILES string of the molecule is Cc1csc(Cc2nc3c(c(C(C)C)n2)CCNC3)n1. The molecule has 0 aromatic carbocycles. The molecule has 0 fully saturated rings. The van der Waals surface area contributed by atoms with Crippen molar-refractivity contribution in [2.75, 3.05) is 6.54 Å². The van der Waals surface area contributed by atoms with E-state index in [1.54, 1.807) is 11.3 Å². The summed E-state index contributed by atoms with van der Waals surface area (Å²) in [6.07, 6.45) is 1.78. The van der Waals surface area contributed by atoms with E-state index in [9.17, 15) is 0 Å². The van der Waals surface area contributed by atoms with Crippen molar-refractivity contribution in [2.45, 2.75) is 46.1 Å². The summed E-state index contributed by atoms with van der Waals surface area (Å²) in [5.74, 6) is 1.35. The molecule has 1 N–H and O–H groups in total. The van der Waals surface area contributed by atoms with Crippen LogP contribution in [0.1, 0.15) is 53.2 Å². The smallest absolute Gasteiger partial charge is 0.135 e. The number of aromatic nitrogens is 3. The van der Waals surface area contributed by atoms with Crippen LogP contribution in [0.5, 0.6) is 0 Å². The lowest BCUT2D eigenvalue weighted by atomic mass is 9.97. The molecule has 2 aromatic rings. The van der Waals surface area contributed by atoms with Crippen molar-refractivity contribution < 1.29 is 0 Å². The van der Waals surface area contributed by atoms with Gasteiger partial charge in [0.15, 0.2) is 0 Å². The predicted molar refractivity (Wildman–Crippen MR) is 81.2 cm³/mol. The van der Waals surface area contributed by atoms with Crippen molar-refractivity contribution >= 4 is 11.3 Å². The van der Waals surface area contributed by atoms with Crippen LogP contribution in [-0.4, -0.2) is 21.5 Å². The molecular formula is C15H20N4S. The van der Waals surface area contributed by atoms with Crippen LogP contribution < -0.4 is 5.32 Å². The Balaban J connectivity index is 1.97. The van der Waals surface area contributed by atoms with Crippen LogP contribution in [0.15, 0.2) is 5.38 Å². The molecule has 0 amide bonds. The average Bonchev–Trinajstić information content (AvgIpc) is 2.83. The standard InChI is InChI=1S/C15H20N4S/c1-9(2)15-11-4-5-16-7-12(11)18-13(19-15)6-14-17-10(3)8-20-14/h8-9,16H,4-7H2,1-3H3. The second kappa shape index (κ2) is 5.58. The number of hydrogen-bond acceptors (Lipinski definition) is 5. The normalized spacial score (nSPS) is 14.6. The lowest BCUT2D eigenvalue weighted by molar-refractivity contribution is 0.601. The molecule has 0 saturated heterocycles. The summed E-state index contributed by atoms with van der Waals surface area (Å²) in [6.45, 7) is 8.34. The van der Waals surface area contributed by atoms with E-state index in [-0.39, 0.29) is 0 Å². The van der Waals surface area contributed by atoms with E-state index in [0.717, 1.165) is 42.5 Å². The largest absolute Gasteiger partial charge is 0.311 e. The molecule has 3 heterocycles. The van der Waals surface area contributed by atoms with Crippen molar-refractivity contribution in [1.82, 2.24) is 20.3 Å². The van der Waals surface area contributed by atoms with Gasteiger partial charge in [-0.15, -0.1) is 11.3 Å². The zero-order chi connectivity index (χ0) is 14.1. The fraction of sp³-hybridized carbons (Fsp3) is 0.533. The van der Waals surface area contributed by atoms with Gasteiger partial charge < -0.3 is 5.32 Å². The fourth-order valence-corrected chi connectivity index (χ4v) is 3.39. The van der Waals surface area contributed by atoms with Crippen LogP contribution in [0.25, 0.3) is 0 Å². The van der Waals surface area contributed by atoms with Gasteiger partial charge in [0, 0.05) is 17.6 Å². The Morgan fingerprint density at radius 3 is 2.85 bits per heavy atom. The van der Waals surface area contributed by atoms with Crippen LogP contribution >= 0.6 is 11.3 Å². The first kappa shape index (κ1) is 13.6. The van der Waals surface area contributed by atoms with Gasteiger partial charge >= 0.3 is 0 Å². The maximum Gasteiger partial charge on any atom is 0.135 e. The predicted octanol–water partition coefficient (Wildman–Crippen LogP) is 2.60. The van der Waals surface area contributed by atoms with Crippen molar-refractivity contribution in [2.24, 2.45) is 0 Å². The number of fused-ring (bicyclic) bond motifs is 1. The highest BCUT2D eigenvalue weighted by Crippen LogP contribution is 2.23. The van der Waals surface area contributed by atoms with Crippen molar-refractivity contribution in [3.63, 3.8) is 0 Å². The van der Waals surface area contributed by atoms with Gasteiger partial charge in [-0.3, -0.25) is 0 Å². The van der Waals surface area contributed by atoms with Gasteiger partial charge in [-0.05, 0) is 31.4 Å². The number of nitrogens with one attached hydrogen (secondary N) is 1. The molecule has 5 heteroatoms. The van der Waals surface area contributed by atoms with E-state index in [2.05, 4.69) is 29.5 Å². The lowest BCUT2D eigenvalue weighted by Gasteiger charge is -2.21. The number of nitrogens with zero attached hydrogens (tertiary/aromatic N) is 3. The van der Waals surface area contributed by atoms with E-state index in [4.69, 9.17) is 9.97 Å². The number of rotatable bonds is 3. The van der Waals surface area contributed by atoms with E-state index in [0.29, 0.717) is 5.92 Å². The molecular weight excluding hydrogens is 268 g/mol. The second-order valence-corrected chi connectivity index (χ2v) is 6.53. The van der Waals surface area contributed by atoms with Gasteiger partial charge in [-0.1, -0.05) is 13.8 Å². The third kappa shape index (κ3) is 2.74. The average molecular weight is 288 g/mol.